The smallest absolute Gasteiger partial charge is 0.326 e. The number of hydrogen-bond donors (Lipinski definition) is 17. The molecule has 1 aliphatic heterocycles. The summed E-state index contributed by atoms with van der Waals surface area (Å²) in [5.41, 5.74) is 10.9. The largest absolute Gasteiger partial charge is 0.508 e. The lowest BCUT2D eigenvalue weighted by atomic mass is 10.0. The highest BCUT2D eigenvalue weighted by Gasteiger charge is 2.41. The van der Waals surface area contributed by atoms with Gasteiger partial charge in [0, 0.05) is 32.2 Å². The van der Waals surface area contributed by atoms with Crippen LogP contribution < -0.4 is 48.7 Å². The van der Waals surface area contributed by atoms with Gasteiger partial charge in [-0.1, -0.05) is 12.1 Å². The van der Waals surface area contributed by atoms with Crippen LogP contribution in [-0.4, -0.2) is 202 Å². The van der Waals surface area contributed by atoms with E-state index in [9.17, 15) is 108 Å². The maximum atomic E-state index is 14.1. The van der Waals surface area contributed by atoms with E-state index in [1.165, 1.54) is 12.1 Å². The van der Waals surface area contributed by atoms with Gasteiger partial charge in [-0.3, -0.25) is 67.1 Å². The van der Waals surface area contributed by atoms with E-state index in [1.807, 2.05) is 10.6 Å². The van der Waals surface area contributed by atoms with Crippen LogP contribution >= 0.6 is 0 Å². The summed E-state index contributed by atoms with van der Waals surface area (Å²) in [4.78, 5) is 190. The molecule has 9 amide bonds. The van der Waals surface area contributed by atoms with Crippen LogP contribution in [0.4, 0.5) is 0 Å². The second-order valence-electron chi connectivity index (χ2n) is 17.3. The Labute approximate surface area is 434 Å². The van der Waals surface area contributed by atoms with Crippen molar-refractivity contribution in [3.63, 3.8) is 0 Å². The summed E-state index contributed by atoms with van der Waals surface area (Å²) < 4.78 is 0. The molecule has 2 rings (SSSR count). The molecule has 9 atom stereocenters. The first-order valence-electron chi connectivity index (χ1n) is 23.2. The average molecular weight is 1100 g/mol. The fourth-order valence-corrected chi connectivity index (χ4v) is 7.33. The van der Waals surface area contributed by atoms with E-state index in [0.29, 0.717) is 0 Å². The molecular weight excluding hydrogens is 1040 g/mol. The van der Waals surface area contributed by atoms with Crippen LogP contribution in [-0.2, 0) is 78.3 Å². The third-order valence-electron chi connectivity index (χ3n) is 11.3. The third kappa shape index (κ3) is 22.6. The van der Waals surface area contributed by atoms with Crippen LogP contribution in [0.3, 0.4) is 0 Å². The molecule has 0 saturated carbocycles. The minimum Gasteiger partial charge on any atom is -0.508 e. The number of carbonyl (C=O) groups excluding carboxylic acids is 9. The van der Waals surface area contributed by atoms with Crippen LogP contribution in [0.15, 0.2) is 24.3 Å². The summed E-state index contributed by atoms with van der Waals surface area (Å²) in [5, 5.41) is 91.1. The van der Waals surface area contributed by atoms with Crippen LogP contribution in [0.5, 0.6) is 5.75 Å². The lowest BCUT2D eigenvalue weighted by molar-refractivity contribution is -0.146. The van der Waals surface area contributed by atoms with Crippen LogP contribution in [0.2, 0.25) is 0 Å². The van der Waals surface area contributed by atoms with Gasteiger partial charge in [0.15, 0.2) is 0 Å². The minimum absolute atomic E-state index is 0.0398. The lowest BCUT2D eigenvalue weighted by Gasteiger charge is -2.30. The predicted octanol–water partition coefficient (Wildman–Crippen LogP) is -6.86. The number of nitrogens with zero attached hydrogens (tertiary/aromatic N) is 1. The number of nitrogens with two attached hydrogens (primary N) is 2. The van der Waals surface area contributed by atoms with E-state index < -0.39 is 214 Å². The molecule has 0 aromatic heterocycles. The van der Waals surface area contributed by atoms with E-state index in [2.05, 4.69) is 26.6 Å². The Morgan fingerprint density at radius 2 is 0.935 bits per heavy atom. The molecule has 424 valence electrons. The number of benzene rings is 1. The first-order valence-corrected chi connectivity index (χ1v) is 23.2. The second kappa shape index (κ2) is 31.0. The molecule has 19 N–H and O–H groups in total. The zero-order valence-corrected chi connectivity index (χ0v) is 40.7. The highest BCUT2D eigenvalue weighted by Crippen LogP contribution is 2.20. The van der Waals surface area contributed by atoms with Crippen molar-refractivity contribution in [1.82, 2.24) is 42.1 Å². The number of amides is 9. The number of aromatic hydroxyl groups is 1. The van der Waals surface area contributed by atoms with Crippen LogP contribution in [0, 0.1) is 0 Å². The summed E-state index contributed by atoms with van der Waals surface area (Å²) in [6, 6.07) is -11.9. The standard InChI is InChI=1S/C44H60N10O23/c45-21(7-10-31(58)59)36(68)47-22(8-11-32(60)61)37(69)50-25(16-34(64)65)41(73)51-26(17-35(66)67)40(72)49-24(14-19-3-5-20(56)6-4-19)39(71)48-23(9-12-33(62)63)38(70)53-28(18-55)43(75)54-13-1-2-29(54)42(74)52-27(44(76)77)15-30(46)57/h3-6,21-29,55-56H,1-2,7-18,45H2,(H2,46,57)(H,47,68)(H,48,71)(H,49,72)(H,50,69)(H,51,73)(H,52,74)(H,53,70)(H,58,59)(H,60,61)(H,62,63)(H,64,65)(H,66,67)(H,76,77)/t21-,22-,23-,24-,25-,26-,27-,28-,29-/m0/s1. The summed E-state index contributed by atoms with van der Waals surface area (Å²) >= 11 is 0. The molecule has 1 saturated heterocycles. The molecule has 1 aliphatic rings. The summed E-state index contributed by atoms with van der Waals surface area (Å²) in [6.07, 6.45) is -7.95. The van der Waals surface area contributed by atoms with Gasteiger partial charge in [-0.2, -0.15) is 0 Å². The molecule has 0 aliphatic carbocycles. The maximum absolute atomic E-state index is 14.1. The van der Waals surface area contributed by atoms with Gasteiger partial charge in [0.05, 0.1) is 31.9 Å². The molecule has 0 radical (unpaired) electrons. The highest BCUT2D eigenvalue weighted by molar-refractivity contribution is 6.00. The summed E-state index contributed by atoms with van der Waals surface area (Å²) in [5.74, 6) is -21.2. The van der Waals surface area contributed by atoms with Crippen LogP contribution in [0.1, 0.15) is 76.2 Å². The number of carboxylic acids is 6. The van der Waals surface area contributed by atoms with Crippen molar-refractivity contribution in [1.29, 1.82) is 0 Å². The van der Waals surface area contributed by atoms with Gasteiger partial charge in [-0.15, -0.1) is 0 Å². The topological polar surface area (TPSA) is 557 Å². The fraction of sp³-hybridized carbons (Fsp3) is 0.523. The van der Waals surface area contributed by atoms with Gasteiger partial charge in [0.2, 0.25) is 53.2 Å². The van der Waals surface area contributed by atoms with Crippen molar-refractivity contribution >= 4 is 89.0 Å². The van der Waals surface area contributed by atoms with Crippen LogP contribution in [0.25, 0.3) is 0 Å². The number of rotatable bonds is 34. The normalized spacial score (nSPS) is 15.9. The van der Waals surface area contributed by atoms with Crippen molar-refractivity contribution in [3.05, 3.63) is 29.8 Å². The number of likely N-dealkylation sites (tertiary alicyclic amines) is 1. The first-order chi connectivity index (χ1) is 36.0. The first kappa shape index (κ1) is 64.1. The number of nitrogens with one attached hydrogen (secondary N) is 7. The molecule has 1 heterocycles. The quantitative estimate of drug-likeness (QED) is 0.0305. The number of hydrogen-bond acceptors (Lipinski definition) is 18. The molecule has 1 aromatic carbocycles. The van der Waals surface area contributed by atoms with Crippen molar-refractivity contribution in [3.8, 4) is 5.75 Å². The molecule has 0 unspecified atom stereocenters. The number of carboxylic acid groups (broad SMARTS) is 6. The lowest BCUT2D eigenvalue weighted by Crippen LogP contribution is -2.61. The number of phenolic OH excluding ortho intramolecular Hbond substituents is 1. The Hall–Kier alpha value is -9.01. The number of carbonyl (C=O) groups is 15. The second-order valence-corrected chi connectivity index (χ2v) is 17.3. The van der Waals surface area contributed by atoms with Gasteiger partial charge in [-0.05, 0) is 49.8 Å². The SMILES string of the molecule is NC(=O)C[C@H](NC(=O)[C@@H]1CCCN1C(=O)[C@H](CO)NC(=O)[C@H](CCC(=O)O)NC(=O)[C@H](Cc1ccc(O)cc1)NC(=O)[C@H](CC(=O)O)NC(=O)[C@H](CC(=O)O)NC(=O)[C@H](CCC(=O)O)NC(=O)[C@@H](N)CCC(=O)O)C(=O)O. The summed E-state index contributed by atoms with van der Waals surface area (Å²) in [6.45, 7) is -1.32. The van der Waals surface area contributed by atoms with E-state index in [-0.39, 0.29) is 30.7 Å². The molecule has 1 fully saturated rings. The van der Waals surface area contributed by atoms with Crippen molar-refractivity contribution in [2.24, 2.45) is 11.5 Å². The summed E-state index contributed by atoms with van der Waals surface area (Å²) in [7, 11) is 0. The maximum Gasteiger partial charge on any atom is 0.326 e. The number of primary amides is 1. The molecule has 77 heavy (non-hydrogen) atoms. The third-order valence-corrected chi connectivity index (χ3v) is 11.3. The van der Waals surface area contributed by atoms with Gasteiger partial charge >= 0.3 is 35.8 Å². The van der Waals surface area contributed by atoms with Crippen molar-refractivity contribution < 1.29 is 113 Å². The Morgan fingerprint density at radius 3 is 1.38 bits per heavy atom. The zero-order chi connectivity index (χ0) is 58.3. The fourth-order valence-electron chi connectivity index (χ4n) is 7.33. The van der Waals surface area contributed by atoms with E-state index in [4.69, 9.17) is 16.6 Å². The average Bonchev–Trinajstić information content (AvgIpc) is 3.84. The molecule has 1 aromatic rings. The van der Waals surface area contributed by atoms with Gasteiger partial charge in [-0.25, -0.2) is 4.79 Å². The Balaban J connectivity index is 2.47. The highest BCUT2D eigenvalue weighted by atomic mass is 16.4. The number of aliphatic hydroxyl groups is 1. The van der Waals surface area contributed by atoms with Crippen molar-refractivity contribution in [2.45, 2.75) is 131 Å². The Kier molecular flexibility index (Phi) is 25.8. The molecule has 0 spiro atoms. The van der Waals surface area contributed by atoms with Gasteiger partial charge in [0.1, 0.15) is 54.1 Å². The zero-order valence-electron chi connectivity index (χ0n) is 40.7. The van der Waals surface area contributed by atoms with Gasteiger partial charge < -0.3 is 94.4 Å². The minimum atomic E-state index is -2.24. The number of phenols is 1. The van der Waals surface area contributed by atoms with Crippen molar-refractivity contribution in [2.75, 3.05) is 13.2 Å². The Morgan fingerprint density at radius 1 is 0.519 bits per heavy atom. The van der Waals surface area contributed by atoms with E-state index in [0.717, 1.165) is 17.0 Å². The molecule has 33 nitrogen and oxygen atoms in total. The predicted molar refractivity (Wildman–Crippen MR) is 252 cm³/mol. The Bertz CT molecular complexity index is 2400. The molecule has 33 heteroatoms. The molecular formula is C44H60N10O23. The van der Waals surface area contributed by atoms with E-state index >= 15 is 0 Å². The van der Waals surface area contributed by atoms with E-state index in [1.54, 1.807) is 0 Å². The number of aliphatic carboxylic acids is 6. The monoisotopic (exact) mass is 1100 g/mol. The number of aliphatic hydroxyl groups excluding tert-OH is 1. The molecule has 0 bridgehead atoms. The van der Waals surface area contributed by atoms with Gasteiger partial charge in [0.25, 0.3) is 0 Å².